The third-order valence-electron chi connectivity index (χ3n) is 4.78. The van der Waals surface area contributed by atoms with E-state index in [1.54, 1.807) is 14.2 Å². The van der Waals surface area contributed by atoms with E-state index in [1.807, 2.05) is 32.0 Å². The van der Waals surface area contributed by atoms with Crippen molar-refractivity contribution in [1.82, 2.24) is 9.80 Å². The van der Waals surface area contributed by atoms with E-state index in [1.165, 1.54) is 0 Å². The highest BCUT2D eigenvalue weighted by molar-refractivity contribution is 5.42. The summed E-state index contributed by atoms with van der Waals surface area (Å²) in [5.74, 6) is 1.44. The van der Waals surface area contributed by atoms with Gasteiger partial charge in [0.2, 0.25) is 0 Å². The summed E-state index contributed by atoms with van der Waals surface area (Å²) in [6.45, 7) is 10.9. The van der Waals surface area contributed by atoms with Crippen molar-refractivity contribution < 1.29 is 24.1 Å². The van der Waals surface area contributed by atoms with Crippen LogP contribution in [-0.2, 0) is 16.0 Å². The number of benzene rings is 1. The van der Waals surface area contributed by atoms with E-state index in [0.717, 1.165) is 63.0 Å². The smallest absolute Gasteiger partial charge is 0.161 e. The Balaban J connectivity index is 1.99. The lowest BCUT2D eigenvalue weighted by Crippen LogP contribution is -2.43. The molecular formula is C21H36N2O5. The van der Waals surface area contributed by atoms with E-state index < -0.39 is 6.10 Å². The van der Waals surface area contributed by atoms with Gasteiger partial charge in [-0.1, -0.05) is 6.07 Å². The highest BCUT2D eigenvalue weighted by Crippen LogP contribution is 2.28. The molecule has 0 amide bonds. The van der Waals surface area contributed by atoms with Gasteiger partial charge in [0.1, 0.15) is 0 Å². The first-order valence-corrected chi connectivity index (χ1v) is 10.0. The third kappa shape index (κ3) is 7.93. The number of methoxy groups -OCH3 is 2. The number of hydrogen-bond acceptors (Lipinski definition) is 7. The van der Waals surface area contributed by atoms with Crippen LogP contribution in [0.25, 0.3) is 0 Å². The standard InChI is InChI=1S/C21H36N2O5/c1-17(2)28-16-19(24)15-23(8-7-22-9-11-27-12-10-22)14-18-5-6-20(25-3)21(13-18)26-4/h5-6,13,17,19,24H,7-12,14-16H2,1-4H3. The molecule has 1 N–H and O–H groups in total. The second-order valence-corrected chi connectivity index (χ2v) is 7.41. The van der Waals surface area contributed by atoms with E-state index in [-0.39, 0.29) is 6.10 Å². The second kappa shape index (κ2) is 12.2. The molecule has 1 saturated heterocycles. The minimum absolute atomic E-state index is 0.113. The average Bonchev–Trinajstić information content (AvgIpc) is 2.71. The van der Waals surface area contributed by atoms with Gasteiger partial charge in [-0.05, 0) is 31.5 Å². The molecule has 28 heavy (non-hydrogen) atoms. The predicted octanol–water partition coefficient (Wildman–Crippen LogP) is 1.62. The van der Waals surface area contributed by atoms with Crippen LogP contribution in [0.4, 0.5) is 0 Å². The molecule has 0 spiro atoms. The molecule has 7 nitrogen and oxygen atoms in total. The topological polar surface area (TPSA) is 63.6 Å². The Morgan fingerprint density at radius 1 is 1.14 bits per heavy atom. The van der Waals surface area contributed by atoms with Crippen LogP contribution in [0.3, 0.4) is 0 Å². The summed E-state index contributed by atoms with van der Waals surface area (Å²) in [6.07, 6.45) is -0.408. The zero-order valence-electron chi connectivity index (χ0n) is 17.7. The lowest BCUT2D eigenvalue weighted by molar-refractivity contribution is -0.0129. The van der Waals surface area contributed by atoms with Crippen LogP contribution in [-0.4, -0.2) is 93.9 Å². The molecule has 1 unspecified atom stereocenters. The maximum Gasteiger partial charge on any atom is 0.161 e. The number of rotatable bonds is 12. The number of aliphatic hydroxyl groups excluding tert-OH is 1. The fourth-order valence-electron chi connectivity index (χ4n) is 3.23. The highest BCUT2D eigenvalue weighted by Gasteiger charge is 2.17. The molecule has 2 rings (SSSR count). The summed E-state index contributed by atoms with van der Waals surface area (Å²) in [5.41, 5.74) is 1.12. The Morgan fingerprint density at radius 2 is 1.86 bits per heavy atom. The first-order chi connectivity index (χ1) is 13.5. The maximum absolute atomic E-state index is 10.4. The van der Waals surface area contributed by atoms with Gasteiger partial charge in [-0.15, -0.1) is 0 Å². The van der Waals surface area contributed by atoms with Gasteiger partial charge in [-0.2, -0.15) is 0 Å². The van der Waals surface area contributed by atoms with E-state index in [0.29, 0.717) is 13.2 Å². The molecule has 1 aromatic carbocycles. The molecule has 1 aliphatic heterocycles. The fraction of sp³-hybridized carbons (Fsp3) is 0.714. The number of ether oxygens (including phenoxy) is 4. The monoisotopic (exact) mass is 396 g/mol. The molecular weight excluding hydrogens is 360 g/mol. The van der Waals surface area contributed by atoms with Gasteiger partial charge < -0.3 is 24.1 Å². The first-order valence-electron chi connectivity index (χ1n) is 10.0. The van der Waals surface area contributed by atoms with Crippen LogP contribution in [0.5, 0.6) is 11.5 Å². The van der Waals surface area contributed by atoms with Crippen molar-refractivity contribution in [2.75, 3.05) is 66.8 Å². The van der Waals surface area contributed by atoms with Gasteiger partial charge in [0.05, 0.1) is 46.2 Å². The van der Waals surface area contributed by atoms with E-state index in [4.69, 9.17) is 18.9 Å². The summed E-state index contributed by atoms with van der Waals surface area (Å²) in [4.78, 5) is 4.67. The Labute approximate surface area is 169 Å². The quantitative estimate of drug-likeness (QED) is 0.576. The van der Waals surface area contributed by atoms with Gasteiger partial charge in [0, 0.05) is 39.3 Å². The van der Waals surface area contributed by atoms with Crippen molar-refractivity contribution in [2.45, 2.75) is 32.6 Å². The zero-order chi connectivity index (χ0) is 20.4. The molecule has 7 heteroatoms. The lowest BCUT2D eigenvalue weighted by Gasteiger charge is -2.31. The SMILES string of the molecule is COc1ccc(CN(CCN2CCOCC2)CC(O)COC(C)C)cc1OC. The maximum atomic E-state index is 10.4. The fourth-order valence-corrected chi connectivity index (χ4v) is 3.23. The van der Waals surface area contributed by atoms with Crippen molar-refractivity contribution in [3.63, 3.8) is 0 Å². The zero-order valence-corrected chi connectivity index (χ0v) is 17.7. The number of hydrogen-bond donors (Lipinski definition) is 1. The van der Waals surface area contributed by atoms with Gasteiger partial charge >= 0.3 is 0 Å². The molecule has 0 radical (unpaired) electrons. The lowest BCUT2D eigenvalue weighted by atomic mass is 10.1. The normalized spacial score (nSPS) is 16.5. The van der Waals surface area contributed by atoms with Crippen LogP contribution in [0.15, 0.2) is 18.2 Å². The van der Waals surface area contributed by atoms with E-state index in [9.17, 15) is 5.11 Å². The second-order valence-electron chi connectivity index (χ2n) is 7.41. The Bertz CT molecular complexity index is 564. The van der Waals surface area contributed by atoms with Gasteiger partial charge in [0.15, 0.2) is 11.5 Å². The molecule has 0 aliphatic carbocycles. The van der Waals surface area contributed by atoms with Crippen LogP contribution in [0.1, 0.15) is 19.4 Å². The summed E-state index contributed by atoms with van der Waals surface area (Å²) in [5, 5.41) is 10.4. The average molecular weight is 397 g/mol. The summed E-state index contributed by atoms with van der Waals surface area (Å²) in [6, 6.07) is 5.96. The first kappa shape index (κ1) is 22.9. The molecule has 1 aliphatic rings. The molecule has 1 aromatic rings. The van der Waals surface area contributed by atoms with E-state index in [2.05, 4.69) is 9.80 Å². The van der Waals surface area contributed by atoms with E-state index >= 15 is 0 Å². The van der Waals surface area contributed by atoms with Crippen LogP contribution in [0.2, 0.25) is 0 Å². The number of morpholine rings is 1. The van der Waals surface area contributed by atoms with Crippen molar-refractivity contribution in [3.8, 4) is 11.5 Å². The minimum atomic E-state index is -0.521. The number of nitrogens with zero attached hydrogens (tertiary/aromatic N) is 2. The van der Waals surface area contributed by atoms with Crippen molar-refractivity contribution >= 4 is 0 Å². The Kier molecular flexibility index (Phi) is 10.0. The summed E-state index contributed by atoms with van der Waals surface area (Å²) < 4.78 is 21.8. The summed E-state index contributed by atoms with van der Waals surface area (Å²) >= 11 is 0. The molecule has 0 aromatic heterocycles. The van der Waals surface area contributed by atoms with Crippen molar-refractivity contribution in [2.24, 2.45) is 0 Å². The Morgan fingerprint density at radius 3 is 2.50 bits per heavy atom. The van der Waals surface area contributed by atoms with Crippen LogP contribution >= 0.6 is 0 Å². The molecule has 1 fully saturated rings. The van der Waals surface area contributed by atoms with Gasteiger partial charge in [-0.3, -0.25) is 9.80 Å². The van der Waals surface area contributed by atoms with Crippen LogP contribution in [0, 0.1) is 0 Å². The predicted molar refractivity (Wildman–Crippen MR) is 109 cm³/mol. The third-order valence-corrected chi connectivity index (χ3v) is 4.78. The molecule has 1 heterocycles. The highest BCUT2D eigenvalue weighted by atomic mass is 16.5. The van der Waals surface area contributed by atoms with Crippen molar-refractivity contribution in [3.05, 3.63) is 23.8 Å². The van der Waals surface area contributed by atoms with Crippen molar-refractivity contribution in [1.29, 1.82) is 0 Å². The summed E-state index contributed by atoms with van der Waals surface area (Å²) in [7, 11) is 3.28. The van der Waals surface area contributed by atoms with Crippen LogP contribution < -0.4 is 9.47 Å². The Hall–Kier alpha value is -1.38. The number of aliphatic hydroxyl groups is 1. The molecule has 0 saturated carbocycles. The molecule has 1 atom stereocenters. The molecule has 0 bridgehead atoms. The largest absolute Gasteiger partial charge is 0.493 e. The van der Waals surface area contributed by atoms with Gasteiger partial charge in [-0.25, -0.2) is 0 Å². The minimum Gasteiger partial charge on any atom is -0.493 e. The van der Waals surface area contributed by atoms with Gasteiger partial charge in [0.25, 0.3) is 0 Å². The molecule has 160 valence electrons.